The molecular formula is C9H14N6. The van der Waals surface area contributed by atoms with Gasteiger partial charge < -0.3 is 15.6 Å². The molecule has 15 heavy (non-hydrogen) atoms. The lowest BCUT2D eigenvalue weighted by atomic mass is 10.5. The molecular weight excluding hydrogens is 192 g/mol. The fraction of sp³-hybridized carbons (Fsp3) is 0.333. The van der Waals surface area contributed by atoms with Gasteiger partial charge in [0.15, 0.2) is 5.82 Å². The lowest BCUT2D eigenvalue weighted by Crippen LogP contribution is -2.07. The van der Waals surface area contributed by atoms with Gasteiger partial charge in [-0.15, -0.1) is 0 Å². The minimum absolute atomic E-state index is 0.616. The zero-order valence-electron chi connectivity index (χ0n) is 8.81. The van der Waals surface area contributed by atoms with E-state index in [-0.39, 0.29) is 0 Å². The summed E-state index contributed by atoms with van der Waals surface area (Å²) in [4.78, 5) is 4.19. The van der Waals surface area contributed by atoms with Gasteiger partial charge in [-0.05, 0) is 0 Å². The standard InChI is InChI=1S/C9H14N6/c1-14-4-3-11-8(14)5-12-9-7(10)6-15(2)13-9/h3-4,6H,5,10H2,1-2H3,(H,12,13). The molecule has 0 unspecified atom stereocenters. The lowest BCUT2D eigenvalue weighted by Gasteiger charge is -2.03. The molecule has 0 bridgehead atoms. The first-order valence-corrected chi connectivity index (χ1v) is 4.66. The fourth-order valence-corrected chi connectivity index (χ4v) is 1.37. The summed E-state index contributed by atoms with van der Waals surface area (Å²) < 4.78 is 3.63. The maximum Gasteiger partial charge on any atom is 0.171 e. The van der Waals surface area contributed by atoms with Crippen LogP contribution in [0.25, 0.3) is 0 Å². The van der Waals surface area contributed by atoms with E-state index >= 15 is 0 Å². The third-order valence-electron chi connectivity index (χ3n) is 2.19. The van der Waals surface area contributed by atoms with Crippen LogP contribution in [0, 0.1) is 0 Å². The molecule has 0 saturated carbocycles. The summed E-state index contributed by atoms with van der Waals surface area (Å²) >= 11 is 0. The molecule has 0 saturated heterocycles. The van der Waals surface area contributed by atoms with E-state index in [9.17, 15) is 0 Å². The molecule has 0 aliphatic heterocycles. The molecule has 0 radical (unpaired) electrons. The van der Waals surface area contributed by atoms with Crippen molar-refractivity contribution in [1.82, 2.24) is 19.3 Å². The number of nitrogens with two attached hydrogens (primary N) is 1. The average molecular weight is 206 g/mol. The van der Waals surface area contributed by atoms with Crippen LogP contribution in [0.1, 0.15) is 5.82 Å². The molecule has 2 heterocycles. The Labute approximate surface area is 87.7 Å². The van der Waals surface area contributed by atoms with Gasteiger partial charge in [0.25, 0.3) is 0 Å². The molecule has 2 rings (SSSR count). The molecule has 0 aliphatic rings. The second-order valence-corrected chi connectivity index (χ2v) is 3.41. The number of hydrogen-bond donors (Lipinski definition) is 2. The van der Waals surface area contributed by atoms with E-state index in [0.717, 1.165) is 5.82 Å². The zero-order valence-corrected chi connectivity index (χ0v) is 8.81. The normalized spacial score (nSPS) is 10.5. The predicted molar refractivity (Wildman–Crippen MR) is 58.2 cm³/mol. The van der Waals surface area contributed by atoms with Crippen LogP contribution in [0.15, 0.2) is 18.6 Å². The quantitative estimate of drug-likeness (QED) is 0.760. The van der Waals surface area contributed by atoms with Crippen molar-refractivity contribution >= 4 is 11.5 Å². The molecule has 0 aromatic carbocycles. The first-order valence-electron chi connectivity index (χ1n) is 4.66. The maximum absolute atomic E-state index is 5.75. The van der Waals surface area contributed by atoms with Gasteiger partial charge in [0.05, 0.1) is 12.2 Å². The number of nitrogen functional groups attached to an aromatic ring is 1. The second-order valence-electron chi connectivity index (χ2n) is 3.41. The molecule has 2 aromatic rings. The highest BCUT2D eigenvalue weighted by Gasteiger charge is 2.04. The van der Waals surface area contributed by atoms with Gasteiger partial charge in [0.1, 0.15) is 5.82 Å². The third kappa shape index (κ3) is 1.93. The highest BCUT2D eigenvalue weighted by Crippen LogP contribution is 2.14. The predicted octanol–water partition coefficient (Wildman–Crippen LogP) is 0.348. The lowest BCUT2D eigenvalue weighted by molar-refractivity contribution is 0.762. The number of rotatable bonds is 3. The van der Waals surface area contributed by atoms with Crippen molar-refractivity contribution in [2.45, 2.75) is 6.54 Å². The Hall–Kier alpha value is -1.98. The average Bonchev–Trinajstić information content (AvgIpc) is 2.70. The molecule has 80 valence electrons. The van der Waals surface area contributed by atoms with Gasteiger partial charge in [0, 0.05) is 32.7 Å². The number of nitrogens with zero attached hydrogens (tertiary/aromatic N) is 4. The van der Waals surface area contributed by atoms with E-state index in [1.54, 1.807) is 17.1 Å². The summed E-state index contributed by atoms with van der Waals surface area (Å²) in [6, 6.07) is 0. The van der Waals surface area contributed by atoms with Gasteiger partial charge in [-0.3, -0.25) is 4.68 Å². The number of aromatic nitrogens is 4. The van der Waals surface area contributed by atoms with Crippen LogP contribution in [0.5, 0.6) is 0 Å². The first-order chi connectivity index (χ1) is 7.16. The molecule has 0 aliphatic carbocycles. The number of imidazole rings is 1. The molecule has 3 N–H and O–H groups in total. The summed E-state index contributed by atoms with van der Waals surface area (Å²) in [5.74, 6) is 1.64. The van der Waals surface area contributed by atoms with Crippen LogP contribution < -0.4 is 11.1 Å². The minimum atomic E-state index is 0.616. The van der Waals surface area contributed by atoms with Gasteiger partial charge in [0.2, 0.25) is 0 Å². The van der Waals surface area contributed by atoms with Crippen LogP contribution in [0.2, 0.25) is 0 Å². The molecule has 0 fully saturated rings. The van der Waals surface area contributed by atoms with Gasteiger partial charge in [-0.25, -0.2) is 4.98 Å². The first kappa shape index (κ1) is 9.57. The van der Waals surface area contributed by atoms with Crippen molar-refractivity contribution in [3.8, 4) is 0 Å². The molecule has 0 spiro atoms. The van der Waals surface area contributed by atoms with Gasteiger partial charge in [-0.1, -0.05) is 0 Å². The Balaban J connectivity index is 2.05. The summed E-state index contributed by atoms with van der Waals surface area (Å²) in [5.41, 5.74) is 6.39. The van der Waals surface area contributed by atoms with Crippen molar-refractivity contribution in [2.75, 3.05) is 11.1 Å². The highest BCUT2D eigenvalue weighted by atomic mass is 15.3. The molecule has 2 aromatic heterocycles. The monoisotopic (exact) mass is 206 g/mol. The van der Waals surface area contributed by atoms with Gasteiger partial charge in [-0.2, -0.15) is 5.10 Å². The number of hydrogen-bond acceptors (Lipinski definition) is 4. The maximum atomic E-state index is 5.75. The van der Waals surface area contributed by atoms with E-state index in [1.807, 2.05) is 24.9 Å². The molecule has 0 amide bonds. The molecule has 6 nitrogen and oxygen atoms in total. The van der Waals surface area contributed by atoms with Crippen LogP contribution in [-0.2, 0) is 20.6 Å². The Morgan fingerprint density at radius 2 is 2.27 bits per heavy atom. The summed E-state index contributed by atoms with van der Waals surface area (Å²) in [6.07, 6.45) is 5.43. The molecule has 0 atom stereocenters. The summed E-state index contributed by atoms with van der Waals surface area (Å²) in [7, 11) is 3.79. The van der Waals surface area contributed by atoms with Crippen LogP contribution >= 0.6 is 0 Å². The van der Waals surface area contributed by atoms with E-state index in [2.05, 4.69) is 15.4 Å². The summed E-state index contributed by atoms with van der Waals surface area (Å²) in [5, 5.41) is 7.32. The van der Waals surface area contributed by atoms with Crippen molar-refractivity contribution in [2.24, 2.45) is 14.1 Å². The minimum Gasteiger partial charge on any atom is -0.394 e. The highest BCUT2D eigenvalue weighted by molar-refractivity contribution is 5.59. The smallest absolute Gasteiger partial charge is 0.171 e. The number of nitrogens with one attached hydrogen (secondary N) is 1. The molecule has 6 heteroatoms. The number of anilines is 2. The van der Waals surface area contributed by atoms with Gasteiger partial charge >= 0.3 is 0 Å². The van der Waals surface area contributed by atoms with Crippen molar-refractivity contribution in [1.29, 1.82) is 0 Å². The second kappa shape index (κ2) is 3.64. The van der Waals surface area contributed by atoms with Crippen molar-refractivity contribution in [3.05, 3.63) is 24.4 Å². The Morgan fingerprint density at radius 3 is 2.80 bits per heavy atom. The van der Waals surface area contributed by atoms with Crippen molar-refractivity contribution in [3.63, 3.8) is 0 Å². The van der Waals surface area contributed by atoms with Crippen molar-refractivity contribution < 1.29 is 0 Å². The topological polar surface area (TPSA) is 73.7 Å². The van der Waals surface area contributed by atoms with Crippen LogP contribution in [0.4, 0.5) is 11.5 Å². The Morgan fingerprint density at radius 1 is 1.47 bits per heavy atom. The largest absolute Gasteiger partial charge is 0.394 e. The van der Waals surface area contributed by atoms with E-state index in [1.165, 1.54) is 0 Å². The third-order valence-corrected chi connectivity index (χ3v) is 2.19. The van der Waals surface area contributed by atoms with E-state index in [0.29, 0.717) is 18.1 Å². The van der Waals surface area contributed by atoms with Crippen LogP contribution in [0.3, 0.4) is 0 Å². The van der Waals surface area contributed by atoms with E-state index < -0.39 is 0 Å². The Kier molecular flexibility index (Phi) is 2.32. The SMILES string of the molecule is Cn1cc(N)c(NCc2nccn2C)n1. The van der Waals surface area contributed by atoms with Crippen LogP contribution in [-0.4, -0.2) is 19.3 Å². The fourth-order valence-electron chi connectivity index (χ4n) is 1.37. The van der Waals surface area contributed by atoms with E-state index in [4.69, 9.17) is 5.73 Å². The zero-order chi connectivity index (χ0) is 10.8. The Bertz CT molecular complexity index is 455. The number of aryl methyl sites for hydroxylation is 2. The summed E-state index contributed by atoms with van der Waals surface area (Å²) in [6.45, 7) is 0.616.